The Bertz CT molecular complexity index is 747. The van der Waals surface area contributed by atoms with E-state index in [1.54, 1.807) is 13.2 Å². The van der Waals surface area contributed by atoms with E-state index in [1.165, 1.54) is 12.8 Å². The van der Waals surface area contributed by atoms with E-state index < -0.39 is 0 Å². The molecule has 0 unspecified atom stereocenters. The fourth-order valence-electron chi connectivity index (χ4n) is 3.12. The third kappa shape index (κ3) is 5.43. The zero-order chi connectivity index (χ0) is 18.9. The van der Waals surface area contributed by atoms with E-state index in [1.807, 2.05) is 18.2 Å². The summed E-state index contributed by atoms with van der Waals surface area (Å²) in [5.41, 5.74) is 0.627. The van der Waals surface area contributed by atoms with Gasteiger partial charge < -0.3 is 24.7 Å². The predicted octanol–water partition coefficient (Wildman–Crippen LogP) is 2.39. The van der Waals surface area contributed by atoms with E-state index in [4.69, 9.17) is 9.47 Å². The topological polar surface area (TPSA) is 90.3 Å². The lowest BCUT2D eigenvalue weighted by Crippen LogP contribution is -2.31. The van der Waals surface area contributed by atoms with Gasteiger partial charge in [-0.1, -0.05) is 18.6 Å². The van der Waals surface area contributed by atoms with Crippen LogP contribution in [-0.4, -0.2) is 47.7 Å². The molecule has 0 atom stereocenters. The van der Waals surface area contributed by atoms with Gasteiger partial charge in [-0.3, -0.25) is 0 Å². The second-order valence-corrected chi connectivity index (χ2v) is 6.46. The van der Waals surface area contributed by atoms with Crippen molar-refractivity contribution in [3.63, 3.8) is 0 Å². The minimum absolute atomic E-state index is 0.270. The van der Waals surface area contributed by atoms with E-state index in [-0.39, 0.29) is 6.03 Å². The number of amides is 2. The minimum Gasteiger partial charge on any atom is -0.489 e. The minimum atomic E-state index is -0.270. The van der Waals surface area contributed by atoms with Crippen LogP contribution in [0.15, 0.2) is 24.3 Å². The van der Waals surface area contributed by atoms with E-state index >= 15 is 0 Å². The number of rotatable bonds is 8. The summed E-state index contributed by atoms with van der Waals surface area (Å²) in [4.78, 5) is 12.2. The number of hydrogen-bond acceptors (Lipinski definition) is 5. The third-order valence-electron chi connectivity index (χ3n) is 4.50. The largest absolute Gasteiger partial charge is 0.489 e. The van der Waals surface area contributed by atoms with E-state index in [9.17, 15) is 4.79 Å². The van der Waals surface area contributed by atoms with E-state index in [0.29, 0.717) is 37.6 Å². The summed E-state index contributed by atoms with van der Waals surface area (Å²) < 4.78 is 12.8. The molecule has 0 radical (unpaired) electrons. The highest BCUT2D eigenvalue weighted by molar-refractivity contribution is 5.90. The Balaban J connectivity index is 1.49. The highest BCUT2D eigenvalue weighted by Gasteiger charge is 2.14. The van der Waals surface area contributed by atoms with Gasteiger partial charge in [0.2, 0.25) is 0 Å². The van der Waals surface area contributed by atoms with Gasteiger partial charge in [0, 0.05) is 33.0 Å². The Morgan fingerprint density at radius 2 is 2.07 bits per heavy atom. The van der Waals surface area contributed by atoms with Gasteiger partial charge in [0.1, 0.15) is 24.0 Å². The van der Waals surface area contributed by atoms with Gasteiger partial charge in [0.05, 0.1) is 12.3 Å². The maximum absolute atomic E-state index is 12.2. The number of aryl methyl sites for hydroxylation is 1. The van der Waals surface area contributed by atoms with Crippen molar-refractivity contribution in [1.29, 1.82) is 0 Å². The molecule has 146 valence electrons. The van der Waals surface area contributed by atoms with Gasteiger partial charge in [-0.25, -0.2) is 4.79 Å². The second kappa shape index (κ2) is 9.91. The van der Waals surface area contributed by atoms with Gasteiger partial charge >= 0.3 is 6.03 Å². The van der Waals surface area contributed by atoms with Gasteiger partial charge in [0.25, 0.3) is 0 Å². The van der Waals surface area contributed by atoms with Crippen LogP contribution < -0.4 is 15.4 Å². The lowest BCUT2D eigenvalue weighted by molar-refractivity contribution is 0.146. The molecule has 0 saturated heterocycles. The molecule has 0 aliphatic carbocycles. The summed E-state index contributed by atoms with van der Waals surface area (Å²) in [7, 11) is 1.62. The number of nitrogens with one attached hydrogen (secondary N) is 2. The second-order valence-electron chi connectivity index (χ2n) is 6.46. The first kappa shape index (κ1) is 19.2. The number of carbonyl (C=O) groups excluding carboxylic acids is 1. The summed E-state index contributed by atoms with van der Waals surface area (Å²) >= 11 is 0. The van der Waals surface area contributed by atoms with Gasteiger partial charge in [-0.2, -0.15) is 0 Å². The molecule has 2 aromatic rings. The normalized spacial score (nSPS) is 13.5. The van der Waals surface area contributed by atoms with Crippen LogP contribution in [0.1, 0.15) is 30.9 Å². The summed E-state index contributed by atoms with van der Waals surface area (Å²) in [5.74, 6) is 2.62. The number of benzene rings is 1. The zero-order valence-corrected chi connectivity index (χ0v) is 15.7. The average molecular weight is 373 g/mol. The number of carbonyl (C=O) groups is 1. The molecule has 2 heterocycles. The molecular formula is C19H27N5O3. The number of hydrogen-bond donors (Lipinski definition) is 2. The van der Waals surface area contributed by atoms with Crippen molar-refractivity contribution in [2.45, 2.75) is 38.6 Å². The van der Waals surface area contributed by atoms with Gasteiger partial charge in [-0.15, -0.1) is 10.2 Å². The Hall–Kier alpha value is -2.61. The average Bonchev–Trinajstić information content (AvgIpc) is 2.90. The fourth-order valence-corrected chi connectivity index (χ4v) is 3.12. The Labute approximate surface area is 159 Å². The number of nitrogens with zero attached hydrogens (tertiary/aromatic N) is 3. The Kier molecular flexibility index (Phi) is 7.04. The van der Waals surface area contributed by atoms with E-state index in [0.717, 1.165) is 31.0 Å². The zero-order valence-electron chi connectivity index (χ0n) is 15.7. The van der Waals surface area contributed by atoms with Gasteiger partial charge in [-0.05, 0) is 25.0 Å². The molecule has 2 amide bonds. The molecule has 8 nitrogen and oxygen atoms in total. The molecule has 1 aromatic heterocycles. The van der Waals surface area contributed by atoms with Crippen LogP contribution in [0.2, 0.25) is 0 Å². The smallest absolute Gasteiger partial charge is 0.319 e. The van der Waals surface area contributed by atoms with E-state index in [2.05, 4.69) is 25.4 Å². The Morgan fingerprint density at radius 3 is 2.96 bits per heavy atom. The number of fused-ring (bicyclic) bond motifs is 1. The quantitative estimate of drug-likeness (QED) is 0.694. The van der Waals surface area contributed by atoms with Crippen molar-refractivity contribution in [1.82, 2.24) is 20.1 Å². The maximum Gasteiger partial charge on any atom is 0.319 e. The molecule has 27 heavy (non-hydrogen) atoms. The molecule has 0 spiro atoms. The highest BCUT2D eigenvalue weighted by atomic mass is 16.5. The SMILES string of the molecule is COCCOc1ccccc1NC(=O)NCCc1nnc2n1CCCCC2. The monoisotopic (exact) mass is 373 g/mol. The molecule has 3 rings (SSSR count). The van der Waals surface area contributed by atoms with Crippen molar-refractivity contribution in [3.05, 3.63) is 35.9 Å². The molecule has 0 saturated carbocycles. The van der Waals surface area contributed by atoms with Crippen molar-refractivity contribution in [2.24, 2.45) is 0 Å². The Morgan fingerprint density at radius 1 is 1.19 bits per heavy atom. The highest BCUT2D eigenvalue weighted by Crippen LogP contribution is 2.23. The summed E-state index contributed by atoms with van der Waals surface area (Å²) in [6.45, 7) is 2.38. The van der Waals surface area contributed by atoms with Crippen LogP contribution in [0.25, 0.3) is 0 Å². The molecule has 1 aliphatic heterocycles. The number of para-hydroxylation sites is 2. The first-order chi connectivity index (χ1) is 13.3. The number of aromatic nitrogens is 3. The fraction of sp³-hybridized carbons (Fsp3) is 0.526. The van der Waals surface area contributed by atoms with Crippen molar-refractivity contribution >= 4 is 11.7 Å². The van der Waals surface area contributed by atoms with Crippen LogP contribution in [0.3, 0.4) is 0 Å². The molecule has 0 bridgehead atoms. The van der Waals surface area contributed by atoms with Crippen LogP contribution in [0.5, 0.6) is 5.75 Å². The number of urea groups is 1. The maximum atomic E-state index is 12.2. The molecule has 2 N–H and O–H groups in total. The summed E-state index contributed by atoms with van der Waals surface area (Å²) in [5, 5.41) is 14.3. The molecule has 8 heteroatoms. The van der Waals surface area contributed by atoms with Crippen LogP contribution >= 0.6 is 0 Å². The molecule has 1 aliphatic rings. The summed E-state index contributed by atoms with van der Waals surface area (Å²) in [6, 6.07) is 7.07. The first-order valence-corrected chi connectivity index (χ1v) is 9.44. The van der Waals surface area contributed by atoms with Crippen molar-refractivity contribution in [3.8, 4) is 5.75 Å². The molecular weight excluding hydrogens is 346 g/mol. The molecule has 1 aromatic carbocycles. The standard InChI is InChI=1S/C19H27N5O3/c1-26-13-14-27-16-8-5-4-7-15(16)21-19(25)20-11-10-18-23-22-17-9-3-2-6-12-24(17)18/h4-5,7-8H,2-3,6,9-14H2,1H3,(H2,20,21,25). The number of ether oxygens (including phenoxy) is 2. The van der Waals surface area contributed by atoms with Crippen LogP contribution in [0.4, 0.5) is 10.5 Å². The van der Waals surface area contributed by atoms with Crippen LogP contribution in [0, 0.1) is 0 Å². The van der Waals surface area contributed by atoms with Crippen molar-refractivity contribution in [2.75, 3.05) is 32.2 Å². The third-order valence-corrected chi connectivity index (χ3v) is 4.50. The number of methoxy groups -OCH3 is 1. The van der Waals surface area contributed by atoms with Gasteiger partial charge in [0.15, 0.2) is 0 Å². The van der Waals surface area contributed by atoms with Crippen LogP contribution in [-0.2, 0) is 24.1 Å². The lowest BCUT2D eigenvalue weighted by Gasteiger charge is -2.13. The lowest BCUT2D eigenvalue weighted by atomic mass is 10.2. The predicted molar refractivity (Wildman–Crippen MR) is 102 cm³/mol. The van der Waals surface area contributed by atoms with Crippen molar-refractivity contribution < 1.29 is 14.3 Å². The number of anilines is 1. The first-order valence-electron chi connectivity index (χ1n) is 9.44. The summed E-state index contributed by atoms with van der Waals surface area (Å²) in [6.07, 6.45) is 5.21. The molecule has 0 fully saturated rings.